The highest BCUT2D eigenvalue weighted by Gasteiger charge is 2.18. The molecule has 1 atom stereocenters. The summed E-state index contributed by atoms with van der Waals surface area (Å²) in [7, 11) is 1.31. The van der Waals surface area contributed by atoms with Gasteiger partial charge in [0.2, 0.25) is 0 Å². The Balaban J connectivity index is 2.01. The van der Waals surface area contributed by atoms with Gasteiger partial charge in [0.05, 0.1) is 13.4 Å². The van der Waals surface area contributed by atoms with Gasteiger partial charge < -0.3 is 14.5 Å². The summed E-state index contributed by atoms with van der Waals surface area (Å²) in [6, 6.07) is 3.86. The molecule has 2 rings (SSSR count). The Bertz CT molecular complexity index is 553. The van der Waals surface area contributed by atoms with E-state index in [1.807, 2.05) is 19.1 Å². The topological polar surface area (TPSA) is 64.4 Å². The molecule has 0 amide bonds. The fourth-order valence-electron chi connectivity index (χ4n) is 1.57. The molecular formula is C12H13ClN2O3S. The summed E-state index contributed by atoms with van der Waals surface area (Å²) in [5.41, 5.74) is 0. The maximum Gasteiger partial charge on any atom is 0.351 e. The zero-order chi connectivity index (χ0) is 13.8. The van der Waals surface area contributed by atoms with Gasteiger partial charge in [-0.3, -0.25) is 0 Å². The Hall–Kier alpha value is -1.53. The molecule has 0 saturated carbocycles. The highest BCUT2D eigenvalue weighted by molar-refractivity contribution is 7.18. The summed E-state index contributed by atoms with van der Waals surface area (Å²) in [5, 5.41) is 3.92. The van der Waals surface area contributed by atoms with Gasteiger partial charge in [0.25, 0.3) is 0 Å². The van der Waals surface area contributed by atoms with Crippen molar-refractivity contribution in [1.29, 1.82) is 0 Å². The molecule has 0 saturated heterocycles. The number of halogens is 1. The van der Waals surface area contributed by atoms with Crippen molar-refractivity contribution in [1.82, 2.24) is 4.98 Å². The van der Waals surface area contributed by atoms with Crippen LogP contribution in [0.4, 0.5) is 5.13 Å². The molecule has 0 aliphatic rings. The molecule has 2 aromatic heterocycles. The van der Waals surface area contributed by atoms with Crippen molar-refractivity contribution in [2.45, 2.75) is 19.4 Å². The zero-order valence-electron chi connectivity index (χ0n) is 10.5. The molecule has 1 unspecified atom stereocenters. The van der Waals surface area contributed by atoms with E-state index < -0.39 is 5.97 Å². The van der Waals surface area contributed by atoms with Crippen LogP contribution in [0.3, 0.4) is 0 Å². The van der Waals surface area contributed by atoms with Gasteiger partial charge in [-0.25, -0.2) is 9.78 Å². The van der Waals surface area contributed by atoms with Crippen LogP contribution >= 0.6 is 22.9 Å². The fraction of sp³-hybridized carbons (Fsp3) is 0.333. The second-order valence-electron chi connectivity index (χ2n) is 3.96. The summed E-state index contributed by atoms with van der Waals surface area (Å²) in [6.45, 7) is 2.00. The molecule has 5 nitrogen and oxygen atoms in total. The van der Waals surface area contributed by atoms with Crippen molar-refractivity contribution in [3.63, 3.8) is 0 Å². The van der Waals surface area contributed by atoms with E-state index in [-0.39, 0.29) is 11.2 Å². The molecule has 1 N–H and O–H groups in total. The molecule has 102 valence electrons. The third-order valence-electron chi connectivity index (χ3n) is 2.41. The number of carbonyl (C=O) groups is 1. The van der Waals surface area contributed by atoms with E-state index in [2.05, 4.69) is 15.0 Å². The number of furan rings is 1. The summed E-state index contributed by atoms with van der Waals surface area (Å²) < 4.78 is 9.89. The molecule has 2 aromatic rings. The highest BCUT2D eigenvalue weighted by atomic mass is 35.5. The second-order valence-corrected chi connectivity index (χ2v) is 5.32. The number of aromatic nitrogens is 1. The van der Waals surface area contributed by atoms with Gasteiger partial charge in [-0.05, 0) is 19.1 Å². The van der Waals surface area contributed by atoms with Crippen LogP contribution in [0.5, 0.6) is 0 Å². The molecule has 19 heavy (non-hydrogen) atoms. The molecule has 0 aliphatic carbocycles. The minimum Gasteiger partial charge on any atom is -0.469 e. The number of rotatable bonds is 5. The van der Waals surface area contributed by atoms with Crippen molar-refractivity contribution >= 4 is 34.0 Å². The number of nitrogens with zero attached hydrogens (tertiary/aromatic N) is 1. The number of thiazole rings is 1. The first kappa shape index (κ1) is 13.9. The molecule has 0 fully saturated rings. The summed E-state index contributed by atoms with van der Waals surface area (Å²) in [6.07, 6.45) is 2.36. The van der Waals surface area contributed by atoms with E-state index in [1.54, 1.807) is 6.26 Å². The molecule has 0 aromatic carbocycles. The average Bonchev–Trinajstić information content (AvgIpc) is 2.98. The van der Waals surface area contributed by atoms with Gasteiger partial charge >= 0.3 is 5.97 Å². The van der Waals surface area contributed by atoms with Crippen LogP contribution in [0.1, 0.15) is 22.4 Å². The van der Waals surface area contributed by atoms with Gasteiger partial charge in [0.15, 0.2) is 15.2 Å². The largest absolute Gasteiger partial charge is 0.469 e. The van der Waals surface area contributed by atoms with Crippen molar-refractivity contribution in [2.24, 2.45) is 0 Å². The highest BCUT2D eigenvalue weighted by Crippen LogP contribution is 2.28. The standard InChI is InChI=1S/C12H13ClN2O3S/c1-7(6-8-4-3-5-18-8)14-12-15-10(13)9(19-12)11(16)17-2/h3-5,7H,6H2,1-2H3,(H,14,15). The lowest BCUT2D eigenvalue weighted by atomic mass is 10.2. The van der Waals surface area contributed by atoms with E-state index in [9.17, 15) is 4.79 Å². The number of esters is 1. The minimum atomic E-state index is -0.478. The van der Waals surface area contributed by atoms with Crippen LogP contribution in [-0.4, -0.2) is 24.1 Å². The maximum absolute atomic E-state index is 11.4. The summed E-state index contributed by atoms with van der Waals surface area (Å²) in [5.74, 6) is 0.407. The zero-order valence-corrected chi connectivity index (χ0v) is 12.0. The molecular weight excluding hydrogens is 288 g/mol. The lowest BCUT2D eigenvalue weighted by molar-refractivity contribution is 0.0606. The van der Waals surface area contributed by atoms with E-state index in [4.69, 9.17) is 16.0 Å². The summed E-state index contributed by atoms with van der Waals surface area (Å²) >= 11 is 7.06. The monoisotopic (exact) mass is 300 g/mol. The lowest BCUT2D eigenvalue weighted by Gasteiger charge is -2.10. The lowest BCUT2D eigenvalue weighted by Crippen LogP contribution is -2.17. The van der Waals surface area contributed by atoms with Crippen LogP contribution in [-0.2, 0) is 11.2 Å². The van der Waals surface area contributed by atoms with Gasteiger partial charge in [0.1, 0.15) is 5.76 Å². The second kappa shape index (κ2) is 6.08. The Morgan fingerprint density at radius 1 is 1.68 bits per heavy atom. The van der Waals surface area contributed by atoms with Crippen LogP contribution in [0, 0.1) is 0 Å². The van der Waals surface area contributed by atoms with E-state index in [1.165, 1.54) is 18.4 Å². The number of hydrogen-bond donors (Lipinski definition) is 1. The number of ether oxygens (including phenoxy) is 1. The SMILES string of the molecule is COC(=O)c1sc(NC(C)Cc2ccco2)nc1Cl. The van der Waals surface area contributed by atoms with E-state index in [0.29, 0.717) is 10.0 Å². The van der Waals surface area contributed by atoms with Crippen LogP contribution < -0.4 is 5.32 Å². The minimum absolute atomic E-state index is 0.110. The molecule has 7 heteroatoms. The smallest absolute Gasteiger partial charge is 0.351 e. The van der Waals surface area contributed by atoms with E-state index >= 15 is 0 Å². The number of anilines is 1. The van der Waals surface area contributed by atoms with Gasteiger partial charge in [-0.2, -0.15) is 0 Å². The Morgan fingerprint density at radius 2 is 2.47 bits per heavy atom. The van der Waals surface area contributed by atoms with Crippen LogP contribution in [0.25, 0.3) is 0 Å². The Labute approximate surface area is 119 Å². The number of nitrogens with one attached hydrogen (secondary N) is 1. The normalized spacial score (nSPS) is 12.2. The van der Waals surface area contributed by atoms with Crippen molar-refractivity contribution in [3.8, 4) is 0 Å². The molecule has 0 aliphatic heterocycles. The Morgan fingerprint density at radius 3 is 3.11 bits per heavy atom. The predicted molar refractivity (Wildman–Crippen MR) is 74.0 cm³/mol. The average molecular weight is 301 g/mol. The first-order valence-corrected chi connectivity index (χ1v) is 6.83. The number of carbonyl (C=O) groups excluding carboxylic acids is 1. The fourth-order valence-corrected chi connectivity index (χ4v) is 2.79. The maximum atomic E-state index is 11.4. The van der Waals surface area contributed by atoms with Gasteiger partial charge in [0, 0.05) is 12.5 Å². The first-order valence-electron chi connectivity index (χ1n) is 5.63. The van der Waals surface area contributed by atoms with Gasteiger partial charge in [-0.15, -0.1) is 0 Å². The van der Waals surface area contributed by atoms with Crippen molar-refractivity contribution < 1.29 is 13.9 Å². The third-order valence-corrected chi connectivity index (χ3v) is 3.77. The third kappa shape index (κ3) is 3.48. The van der Waals surface area contributed by atoms with Crippen LogP contribution in [0.2, 0.25) is 5.15 Å². The van der Waals surface area contributed by atoms with Gasteiger partial charge in [-0.1, -0.05) is 22.9 Å². The van der Waals surface area contributed by atoms with Crippen LogP contribution in [0.15, 0.2) is 22.8 Å². The van der Waals surface area contributed by atoms with Crippen molar-refractivity contribution in [2.75, 3.05) is 12.4 Å². The first-order chi connectivity index (χ1) is 9.10. The molecule has 2 heterocycles. The molecule has 0 radical (unpaired) electrons. The predicted octanol–water partition coefficient (Wildman–Crippen LogP) is 3.22. The molecule has 0 bridgehead atoms. The summed E-state index contributed by atoms with van der Waals surface area (Å²) in [4.78, 5) is 15.8. The van der Waals surface area contributed by atoms with Crippen molar-refractivity contribution in [3.05, 3.63) is 34.2 Å². The number of methoxy groups -OCH3 is 1. The molecule has 0 spiro atoms. The van der Waals surface area contributed by atoms with E-state index in [0.717, 1.165) is 12.2 Å². The number of hydrogen-bond acceptors (Lipinski definition) is 6. The quantitative estimate of drug-likeness (QED) is 0.859. The Kier molecular flexibility index (Phi) is 4.44.